The molecular formula is C11H15NO. The van der Waals surface area contributed by atoms with Crippen molar-refractivity contribution in [1.29, 1.82) is 0 Å². The molecule has 0 N–H and O–H groups in total. The molecule has 0 bridgehead atoms. The molecule has 70 valence electrons. The van der Waals surface area contributed by atoms with Crippen LogP contribution in [0.25, 0.3) is 0 Å². The van der Waals surface area contributed by atoms with Gasteiger partial charge in [0.25, 0.3) is 0 Å². The average molecular weight is 177 g/mol. The summed E-state index contributed by atoms with van der Waals surface area (Å²) in [5, 5.41) is 0. The lowest BCUT2D eigenvalue weighted by Crippen LogP contribution is -2.12. The van der Waals surface area contributed by atoms with E-state index in [9.17, 15) is 4.79 Å². The summed E-state index contributed by atoms with van der Waals surface area (Å²) < 4.78 is 0. The van der Waals surface area contributed by atoms with Gasteiger partial charge in [-0.25, -0.2) is 0 Å². The second kappa shape index (κ2) is 4.75. The molecule has 1 rings (SSSR count). The van der Waals surface area contributed by atoms with Crippen molar-refractivity contribution < 1.29 is 4.79 Å². The monoisotopic (exact) mass is 177 g/mol. The van der Waals surface area contributed by atoms with Crippen LogP contribution in [0.15, 0.2) is 24.5 Å². The molecule has 0 fully saturated rings. The fourth-order valence-corrected chi connectivity index (χ4v) is 1.38. The first-order valence-electron chi connectivity index (χ1n) is 4.63. The van der Waals surface area contributed by atoms with Crippen molar-refractivity contribution in [3.63, 3.8) is 0 Å². The number of carbonyl (C=O) groups excluding carboxylic acids is 1. The van der Waals surface area contributed by atoms with Gasteiger partial charge in [-0.05, 0) is 31.4 Å². The Morgan fingerprint density at radius 2 is 2.38 bits per heavy atom. The summed E-state index contributed by atoms with van der Waals surface area (Å²) in [6.07, 6.45) is 5.30. The molecule has 0 saturated carbocycles. The number of hydrogen-bond donors (Lipinski definition) is 0. The van der Waals surface area contributed by atoms with Gasteiger partial charge in [-0.3, -0.25) is 9.78 Å². The maximum Gasteiger partial charge on any atom is 0.133 e. The molecule has 0 aliphatic carbocycles. The Labute approximate surface area is 79.0 Å². The fourth-order valence-electron chi connectivity index (χ4n) is 1.38. The SMILES string of the molecule is CC[C@@H](Cc1cccnc1)C(C)=O. The average Bonchev–Trinajstić information content (AvgIpc) is 2.15. The van der Waals surface area contributed by atoms with Gasteiger partial charge in [0.15, 0.2) is 0 Å². The molecule has 0 aliphatic rings. The van der Waals surface area contributed by atoms with Crippen molar-refractivity contribution in [2.24, 2.45) is 5.92 Å². The second-order valence-electron chi connectivity index (χ2n) is 3.28. The van der Waals surface area contributed by atoms with Gasteiger partial charge >= 0.3 is 0 Å². The number of hydrogen-bond acceptors (Lipinski definition) is 2. The van der Waals surface area contributed by atoms with Gasteiger partial charge in [0.05, 0.1) is 0 Å². The molecule has 0 aliphatic heterocycles. The smallest absolute Gasteiger partial charge is 0.133 e. The standard InChI is InChI=1S/C11H15NO/c1-3-11(9(2)13)7-10-5-4-6-12-8-10/h4-6,8,11H,3,7H2,1-2H3/t11-/m0/s1. The highest BCUT2D eigenvalue weighted by Gasteiger charge is 2.11. The van der Waals surface area contributed by atoms with Crippen LogP contribution in [-0.4, -0.2) is 10.8 Å². The summed E-state index contributed by atoms with van der Waals surface area (Å²) in [7, 11) is 0. The summed E-state index contributed by atoms with van der Waals surface area (Å²) in [5.41, 5.74) is 1.14. The van der Waals surface area contributed by atoms with Gasteiger partial charge in [-0.2, -0.15) is 0 Å². The Morgan fingerprint density at radius 3 is 2.85 bits per heavy atom. The minimum atomic E-state index is 0.157. The van der Waals surface area contributed by atoms with E-state index in [1.807, 2.05) is 25.3 Å². The van der Waals surface area contributed by atoms with Crippen molar-refractivity contribution in [1.82, 2.24) is 4.98 Å². The number of pyridine rings is 1. The van der Waals surface area contributed by atoms with Gasteiger partial charge in [0, 0.05) is 18.3 Å². The molecule has 0 saturated heterocycles. The van der Waals surface area contributed by atoms with E-state index in [1.165, 1.54) is 0 Å². The largest absolute Gasteiger partial charge is 0.300 e. The van der Waals surface area contributed by atoms with E-state index in [-0.39, 0.29) is 11.7 Å². The zero-order valence-corrected chi connectivity index (χ0v) is 8.16. The Kier molecular flexibility index (Phi) is 3.62. The van der Waals surface area contributed by atoms with Crippen molar-refractivity contribution in [3.8, 4) is 0 Å². The van der Waals surface area contributed by atoms with Crippen molar-refractivity contribution in [2.45, 2.75) is 26.7 Å². The highest BCUT2D eigenvalue weighted by atomic mass is 16.1. The van der Waals surface area contributed by atoms with Crippen molar-refractivity contribution >= 4 is 5.78 Å². The number of carbonyl (C=O) groups is 1. The molecule has 0 unspecified atom stereocenters. The molecule has 0 spiro atoms. The number of nitrogens with zero attached hydrogens (tertiary/aromatic N) is 1. The van der Waals surface area contributed by atoms with E-state index >= 15 is 0 Å². The summed E-state index contributed by atoms with van der Waals surface area (Å²) in [6.45, 7) is 3.70. The van der Waals surface area contributed by atoms with Crippen molar-refractivity contribution in [3.05, 3.63) is 30.1 Å². The van der Waals surface area contributed by atoms with Gasteiger partial charge < -0.3 is 0 Å². The Hall–Kier alpha value is -1.18. The number of aromatic nitrogens is 1. The summed E-state index contributed by atoms with van der Waals surface area (Å²) >= 11 is 0. The van der Waals surface area contributed by atoms with Crippen LogP contribution in [0.4, 0.5) is 0 Å². The zero-order valence-electron chi connectivity index (χ0n) is 8.16. The van der Waals surface area contributed by atoms with E-state index in [1.54, 1.807) is 13.1 Å². The van der Waals surface area contributed by atoms with E-state index in [0.29, 0.717) is 0 Å². The quantitative estimate of drug-likeness (QED) is 0.706. The predicted molar refractivity (Wildman–Crippen MR) is 52.4 cm³/mol. The number of ketones is 1. The lowest BCUT2D eigenvalue weighted by molar-refractivity contribution is -0.120. The highest BCUT2D eigenvalue weighted by Crippen LogP contribution is 2.11. The summed E-state index contributed by atoms with van der Waals surface area (Å²) in [6, 6.07) is 3.92. The maximum atomic E-state index is 11.2. The third kappa shape index (κ3) is 2.98. The van der Waals surface area contributed by atoms with Crippen LogP contribution >= 0.6 is 0 Å². The molecule has 0 amide bonds. The third-order valence-electron chi connectivity index (χ3n) is 2.27. The summed E-state index contributed by atoms with van der Waals surface area (Å²) in [5.74, 6) is 0.426. The van der Waals surface area contributed by atoms with Crippen LogP contribution in [0.2, 0.25) is 0 Å². The second-order valence-corrected chi connectivity index (χ2v) is 3.28. The van der Waals surface area contributed by atoms with Crippen LogP contribution < -0.4 is 0 Å². The van der Waals surface area contributed by atoms with E-state index in [4.69, 9.17) is 0 Å². The predicted octanol–water partition coefficient (Wildman–Crippen LogP) is 2.24. The first-order valence-corrected chi connectivity index (χ1v) is 4.63. The molecule has 13 heavy (non-hydrogen) atoms. The Morgan fingerprint density at radius 1 is 1.62 bits per heavy atom. The first-order chi connectivity index (χ1) is 6.24. The maximum absolute atomic E-state index is 11.2. The molecule has 0 aromatic carbocycles. The first kappa shape index (κ1) is 9.90. The van der Waals surface area contributed by atoms with Crippen LogP contribution in [-0.2, 0) is 11.2 Å². The Balaban J connectivity index is 2.62. The normalized spacial score (nSPS) is 12.5. The highest BCUT2D eigenvalue weighted by molar-refractivity contribution is 5.78. The van der Waals surface area contributed by atoms with E-state index < -0.39 is 0 Å². The van der Waals surface area contributed by atoms with Gasteiger partial charge in [-0.1, -0.05) is 13.0 Å². The van der Waals surface area contributed by atoms with Gasteiger partial charge in [0.1, 0.15) is 5.78 Å². The molecule has 1 heterocycles. The lowest BCUT2D eigenvalue weighted by Gasteiger charge is -2.09. The minimum absolute atomic E-state index is 0.157. The molecule has 1 atom stereocenters. The van der Waals surface area contributed by atoms with Crippen LogP contribution in [0, 0.1) is 5.92 Å². The van der Waals surface area contributed by atoms with E-state index in [2.05, 4.69) is 4.98 Å². The number of rotatable bonds is 4. The molecule has 2 heteroatoms. The molecule has 0 radical (unpaired) electrons. The minimum Gasteiger partial charge on any atom is -0.300 e. The zero-order chi connectivity index (χ0) is 9.68. The lowest BCUT2D eigenvalue weighted by atomic mass is 9.94. The van der Waals surface area contributed by atoms with Gasteiger partial charge in [0.2, 0.25) is 0 Å². The van der Waals surface area contributed by atoms with Gasteiger partial charge in [-0.15, -0.1) is 0 Å². The molecule has 1 aromatic rings. The fraction of sp³-hybridized carbons (Fsp3) is 0.455. The van der Waals surface area contributed by atoms with E-state index in [0.717, 1.165) is 18.4 Å². The summed E-state index contributed by atoms with van der Waals surface area (Å²) in [4.78, 5) is 15.2. The molecule has 1 aromatic heterocycles. The molecule has 2 nitrogen and oxygen atoms in total. The molecular weight excluding hydrogens is 162 g/mol. The van der Waals surface area contributed by atoms with Crippen molar-refractivity contribution in [2.75, 3.05) is 0 Å². The Bertz CT molecular complexity index is 269. The topological polar surface area (TPSA) is 30.0 Å². The third-order valence-corrected chi connectivity index (χ3v) is 2.27. The number of Topliss-reactive ketones (excluding diaryl/α,β-unsaturated/α-hetero) is 1. The van der Waals surface area contributed by atoms with Crippen LogP contribution in [0.5, 0.6) is 0 Å². The van der Waals surface area contributed by atoms with Crippen LogP contribution in [0.1, 0.15) is 25.8 Å². The van der Waals surface area contributed by atoms with Crippen LogP contribution in [0.3, 0.4) is 0 Å².